The van der Waals surface area contributed by atoms with E-state index in [1.165, 1.54) is 57.8 Å². The summed E-state index contributed by atoms with van der Waals surface area (Å²) in [7, 11) is -4.38. The molecule has 2 N–H and O–H groups in total. The normalized spacial score (nSPS) is 11.9. The maximum atomic E-state index is 11.6. The van der Waals surface area contributed by atoms with Gasteiger partial charge in [0.2, 0.25) is 0 Å². The van der Waals surface area contributed by atoms with Gasteiger partial charge in [0.05, 0.1) is 11.0 Å². The lowest BCUT2D eigenvalue weighted by Gasteiger charge is -2.11. The van der Waals surface area contributed by atoms with E-state index in [4.69, 9.17) is 0 Å². The van der Waals surface area contributed by atoms with E-state index in [2.05, 4.69) is 16.9 Å². The van der Waals surface area contributed by atoms with Crippen LogP contribution in [0.25, 0.3) is 22.2 Å². The molecular formula is C25H34N2O3S. The number of nitrogens with one attached hydrogen (secondary N) is 1. The first-order chi connectivity index (χ1) is 15.0. The van der Waals surface area contributed by atoms with Crippen molar-refractivity contribution in [1.82, 2.24) is 9.97 Å². The minimum absolute atomic E-state index is 0.407. The van der Waals surface area contributed by atoms with E-state index < -0.39 is 15.3 Å². The van der Waals surface area contributed by atoms with E-state index in [0.717, 1.165) is 29.5 Å². The van der Waals surface area contributed by atoms with Gasteiger partial charge in [-0.25, -0.2) is 4.98 Å². The summed E-state index contributed by atoms with van der Waals surface area (Å²) in [6, 6.07) is 13.8. The Labute approximate surface area is 186 Å². The predicted octanol–water partition coefficient (Wildman–Crippen LogP) is 6.94. The minimum atomic E-state index is -4.38. The van der Waals surface area contributed by atoms with Crippen molar-refractivity contribution in [2.45, 2.75) is 82.7 Å². The van der Waals surface area contributed by atoms with Crippen molar-refractivity contribution < 1.29 is 13.0 Å². The third kappa shape index (κ3) is 6.65. The molecule has 0 spiro atoms. The van der Waals surface area contributed by atoms with E-state index in [-0.39, 0.29) is 0 Å². The quantitative estimate of drug-likeness (QED) is 0.222. The molecule has 0 aliphatic rings. The zero-order valence-electron chi connectivity index (χ0n) is 18.4. The fourth-order valence-corrected chi connectivity index (χ4v) is 4.60. The van der Waals surface area contributed by atoms with Crippen molar-refractivity contribution in [2.75, 3.05) is 0 Å². The zero-order valence-corrected chi connectivity index (χ0v) is 19.3. The topological polar surface area (TPSA) is 83.0 Å². The van der Waals surface area contributed by atoms with Crippen LogP contribution in [0.1, 0.15) is 76.7 Å². The van der Waals surface area contributed by atoms with Gasteiger partial charge in [0.15, 0.2) is 0 Å². The Morgan fingerprint density at radius 3 is 2.06 bits per heavy atom. The first kappa shape index (κ1) is 23.5. The molecule has 31 heavy (non-hydrogen) atoms. The first-order valence-corrected chi connectivity index (χ1v) is 13.0. The van der Waals surface area contributed by atoms with Crippen molar-refractivity contribution in [1.29, 1.82) is 0 Å². The number of nitrogens with zero attached hydrogens (tertiary/aromatic N) is 1. The van der Waals surface area contributed by atoms with Gasteiger partial charge in [-0.3, -0.25) is 4.55 Å². The average molecular weight is 443 g/mol. The molecule has 0 saturated carbocycles. The van der Waals surface area contributed by atoms with E-state index in [1.54, 1.807) is 0 Å². The number of fused-ring (bicyclic) bond motifs is 1. The lowest BCUT2D eigenvalue weighted by atomic mass is 9.94. The maximum absolute atomic E-state index is 11.6. The fraction of sp³-hybridized carbons (Fsp3) is 0.480. The number of aromatic nitrogens is 2. The van der Waals surface area contributed by atoms with Gasteiger partial charge in [-0.15, -0.1) is 0 Å². The van der Waals surface area contributed by atoms with Gasteiger partial charge in [0.25, 0.3) is 5.16 Å². The van der Waals surface area contributed by atoms with Gasteiger partial charge in [-0.2, -0.15) is 8.42 Å². The van der Waals surface area contributed by atoms with Crippen molar-refractivity contribution >= 4 is 21.2 Å². The lowest BCUT2D eigenvalue weighted by molar-refractivity contribution is 0.476. The molecule has 0 saturated heterocycles. The number of hydrogen-bond donors (Lipinski definition) is 2. The number of rotatable bonds is 13. The molecular weight excluding hydrogens is 408 g/mol. The van der Waals surface area contributed by atoms with Gasteiger partial charge in [-0.05, 0) is 30.0 Å². The molecule has 0 fully saturated rings. The average Bonchev–Trinajstić information content (AvgIpc) is 3.20. The molecule has 6 heteroatoms. The number of aryl methyl sites for hydroxylation is 1. The molecule has 3 rings (SSSR count). The summed E-state index contributed by atoms with van der Waals surface area (Å²) in [5.74, 6) is 0. The van der Waals surface area contributed by atoms with Gasteiger partial charge in [0, 0.05) is 5.56 Å². The van der Waals surface area contributed by atoms with Crippen LogP contribution in [-0.2, 0) is 16.5 Å². The molecule has 168 valence electrons. The lowest BCUT2D eigenvalue weighted by Crippen LogP contribution is -1.99. The molecule has 0 atom stereocenters. The Hall–Kier alpha value is -2.18. The molecule has 5 nitrogen and oxygen atoms in total. The van der Waals surface area contributed by atoms with Crippen molar-refractivity contribution in [2.24, 2.45) is 0 Å². The van der Waals surface area contributed by atoms with Crippen LogP contribution in [0.3, 0.4) is 0 Å². The molecule has 0 aliphatic heterocycles. The summed E-state index contributed by atoms with van der Waals surface area (Å²) in [4.78, 5) is 6.96. The minimum Gasteiger partial charge on any atom is -0.327 e. The molecule has 1 aromatic heterocycles. The number of benzene rings is 2. The largest absolute Gasteiger partial charge is 0.328 e. The van der Waals surface area contributed by atoms with Crippen LogP contribution in [0, 0.1) is 0 Å². The van der Waals surface area contributed by atoms with Gasteiger partial charge in [-0.1, -0.05) is 101 Å². The number of imidazole rings is 1. The standard InChI is InChI=1S/C25H34N2O3S/c1-2-3-4-5-6-7-8-9-10-12-17-21-18-19-22-24(27-25(26-22)31(28,29)30)23(21)20-15-13-11-14-16-20/h11,13-16,18-19H,2-10,12,17H2,1H3,(H,26,27)(H,28,29,30). The third-order valence-corrected chi connectivity index (χ3v) is 6.51. The highest BCUT2D eigenvalue weighted by molar-refractivity contribution is 7.85. The van der Waals surface area contributed by atoms with Crippen LogP contribution in [-0.4, -0.2) is 22.9 Å². The second-order valence-electron chi connectivity index (χ2n) is 8.31. The third-order valence-electron chi connectivity index (χ3n) is 5.83. The molecule has 2 aromatic carbocycles. The van der Waals surface area contributed by atoms with Crippen molar-refractivity contribution in [3.8, 4) is 11.1 Å². The summed E-state index contributed by atoms with van der Waals surface area (Å²) < 4.78 is 32.5. The van der Waals surface area contributed by atoms with Gasteiger partial charge >= 0.3 is 10.1 Å². The molecule has 0 unspecified atom stereocenters. The van der Waals surface area contributed by atoms with Crippen molar-refractivity contribution in [3.63, 3.8) is 0 Å². The van der Waals surface area contributed by atoms with Crippen LogP contribution in [0.15, 0.2) is 47.6 Å². The van der Waals surface area contributed by atoms with Crippen molar-refractivity contribution in [3.05, 3.63) is 48.0 Å². The predicted molar refractivity (Wildman–Crippen MR) is 127 cm³/mol. The smallest absolute Gasteiger partial charge is 0.327 e. The Morgan fingerprint density at radius 2 is 1.45 bits per heavy atom. The molecule has 0 bridgehead atoms. The molecule has 3 aromatic rings. The fourth-order valence-electron chi connectivity index (χ4n) is 4.15. The zero-order chi connectivity index (χ0) is 22.1. The van der Waals surface area contributed by atoms with E-state index in [1.807, 2.05) is 42.5 Å². The SMILES string of the molecule is CCCCCCCCCCCCc1ccc2[nH]c(S(=O)(=O)O)nc2c1-c1ccccc1. The van der Waals surface area contributed by atoms with Crippen LogP contribution >= 0.6 is 0 Å². The number of hydrogen-bond acceptors (Lipinski definition) is 3. The summed E-state index contributed by atoms with van der Waals surface area (Å²) >= 11 is 0. The van der Waals surface area contributed by atoms with E-state index in [9.17, 15) is 13.0 Å². The summed E-state index contributed by atoms with van der Waals surface area (Å²) in [5.41, 5.74) is 4.30. The number of unbranched alkanes of at least 4 members (excludes halogenated alkanes) is 9. The Bertz CT molecular complexity index is 1060. The molecule has 0 radical (unpaired) electrons. The summed E-state index contributed by atoms with van der Waals surface area (Å²) in [6.45, 7) is 2.25. The highest BCUT2D eigenvalue weighted by Crippen LogP contribution is 2.32. The molecule has 1 heterocycles. The first-order valence-electron chi connectivity index (χ1n) is 11.5. The highest BCUT2D eigenvalue weighted by Gasteiger charge is 2.19. The highest BCUT2D eigenvalue weighted by atomic mass is 32.2. The monoisotopic (exact) mass is 442 g/mol. The van der Waals surface area contributed by atoms with Crippen LogP contribution < -0.4 is 0 Å². The summed E-state index contributed by atoms with van der Waals surface area (Å²) in [6.07, 6.45) is 13.8. The van der Waals surface area contributed by atoms with Crippen LogP contribution in [0.2, 0.25) is 0 Å². The summed E-state index contributed by atoms with van der Waals surface area (Å²) in [5, 5.41) is -0.407. The Morgan fingerprint density at radius 1 is 0.839 bits per heavy atom. The number of H-pyrrole nitrogens is 1. The molecule has 0 aliphatic carbocycles. The van der Waals surface area contributed by atoms with Crippen LogP contribution in [0.4, 0.5) is 0 Å². The van der Waals surface area contributed by atoms with Gasteiger partial charge < -0.3 is 4.98 Å². The van der Waals surface area contributed by atoms with E-state index in [0.29, 0.717) is 11.0 Å². The second kappa shape index (κ2) is 11.4. The second-order valence-corrected chi connectivity index (χ2v) is 9.65. The van der Waals surface area contributed by atoms with Crippen LogP contribution in [0.5, 0.6) is 0 Å². The van der Waals surface area contributed by atoms with E-state index >= 15 is 0 Å². The van der Waals surface area contributed by atoms with Gasteiger partial charge in [0.1, 0.15) is 0 Å². The Kier molecular flexibility index (Phi) is 8.67. The molecule has 0 amide bonds. The maximum Gasteiger partial charge on any atom is 0.328 e. The number of aromatic amines is 1. The Balaban J connectivity index is 1.66.